The lowest BCUT2D eigenvalue weighted by Crippen LogP contribution is -2.29. The van der Waals surface area contributed by atoms with Crippen molar-refractivity contribution in [1.29, 1.82) is 0 Å². The van der Waals surface area contributed by atoms with E-state index in [-0.39, 0.29) is 39.9 Å². The van der Waals surface area contributed by atoms with E-state index in [0.29, 0.717) is 11.3 Å². The number of benzene rings is 3. The van der Waals surface area contributed by atoms with Crippen LogP contribution in [0.3, 0.4) is 0 Å². The highest BCUT2D eigenvalue weighted by molar-refractivity contribution is 6.48. The van der Waals surface area contributed by atoms with Crippen molar-refractivity contribution in [3.63, 3.8) is 0 Å². The topological polar surface area (TPSA) is 83.9 Å². The van der Waals surface area contributed by atoms with Gasteiger partial charge >= 0.3 is 5.97 Å². The highest BCUT2D eigenvalue weighted by Gasteiger charge is 2.42. The van der Waals surface area contributed by atoms with Gasteiger partial charge in [0.05, 0.1) is 33.3 Å². The monoisotopic (exact) mass is 455 g/mol. The van der Waals surface area contributed by atoms with Gasteiger partial charge in [0.25, 0.3) is 11.8 Å². The van der Waals surface area contributed by atoms with Gasteiger partial charge < -0.3 is 9.84 Å². The second kappa shape index (κ2) is 8.41. The van der Waals surface area contributed by atoms with Crippen LogP contribution in [0.15, 0.2) is 60.7 Å². The van der Waals surface area contributed by atoms with Crippen molar-refractivity contribution in [2.45, 2.75) is 13.0 Å². The minimum Gasteiger partial charge on any atom is -0.488 e. The summed E-state index contributed by atoms with van der Waals surface area (Å²) in [4.78, 5) is 38.1. The summed E-state index contributed by atoms with van der Waals surface area (Å²) in [7, 11) is 0. The van der Waals surface area contributed by atoms with E-state index in [4.69, 9.17) is 33.0 Å². The molecule has 0 fully saturated rings. The van der Waals surface area contributed by atoms with E-state index >= 15 is 0 Å². The first-order chi connectivity index (χ1) is 14.9. The number of ether oxygens (including phenoxy) is 1. The van der Waals surface area contributed by atoms with Crippen LogP contribution in [0.2, 0.25) is 10.0 Å². The summed E-state index contributed by atoms with van der Waals surface area (Å²) >= 11 is 12.5. The van der Waals surface area contributed by atoms with E-state index in [1.54, 1.807) is 12.1 Å². The standard InChI is InChI=1S/C23H15Cl2NO5/c24-16-11-17(31-12-14-4-2-1-3-5-14)19-20(21(16)25)23(30)26(22(19)29)15-8-6-13(7-9-15)10-18(27)28/h1-9,11H,10,12H2,(H,27,28). The van der Waals surface area contributed by atoms with Gasteiger partial charge in [-0.25, -0.2) is 4.90 Å². The number of rotatable bonds is 6. The number of carbonyl (C=O) groups is 3. The molecule has 0 aliphatic carbocycles. The van der Waals surface area contributed by atoms with Crippen LogP contribution in [-0.4, -0.2) is 22.9 Å². The first-order valence-electron chi connectivity index (χ1n) is 9.25. The molecule has 1 aliphatic rings. The second-order valence-electron chi connectivity index (χ2n) is 6.88. The maximum Gasteiger partial charge on any atom is 0.307 e. The summed E-state index contributed by atoms with van der Waals surface area (Å²) in [5, 5.41) is 8.99. The van der Waals surface area contributed by atoms with Gasteiger partial charge in [-0.05, 0) is 23.3 Å². The van der Waals surface area contributed by atoms with Crippen molar-refractivity contribution in [2.24, 2.45) is 0 Å². The molecule has 0 saturated heterocycles. The Balaban J connectivity index is 1.69. The lowest BCUT2D eigenvalue weighted by atomic mass is 10.1. The van der Waals surface area contributed by atoms with Crippen molar-refractivity contribution in [1.82, 2.24) is 0 Å². The van der Waals surface area contributed by atoms with Crippen molar-refractivity contribution < 1.29 is 24.2 Å². The minimum absolute atomic E-state index is 0.0168. The van der Waals surface area contributed by atoms with Gasteiger partial charge in [0.1, 0.15) is 12.4 Å². The van der Waals surface area contributed by atoms with Crippen molar-refractivity contribution >= 4 is 46.7 Å². The molecular formula is C23H15Cl2NO5. The fourth-order valence-electron chi connectivity index (χ4n) is 3.35. The third-order valence-corrected chi connectivity index (χ3v) is 5.59. The highest BCUT2D eigenvalue weighted by atomic mass is 35.5. The van der Waals surface area contributed by atoms with Crippen LogP contribution in [0.1, 0.15) is 31.8 Å². The predicted molar refractivity (Wildman–Crippen MR) is 116 cm³/mol. The van der Waals surface area contributed by atoms with Crippen LogP contribution >= 0.6 is 23.2 Å². The number of aliphatic carboxylic acids is 1. The fraction of sp³-hybridized carbons (Fsp3) is 0.0870. The zero-order valence-corrected chi connectivity index (χ0v) is 17.5. The summed E-state index contributed by atoms with van der Waals surface area (Å²) in [6, 6.07) is 16.9. The third kappa shape index (κ3) is 4.00. The van der Waals surface area contributed by atoms with E-state index in [0.717, 1.165) is 10.5 Å². The number of amides is 2. The number of anilines is 1. The fourth-order valence-corrected chi connectivity index (χ4v) is 3.78. The van der Waals surface area contributed by atoms with Gasteiger partial charge in [-0.2, -0.15) is 0 Å². The average molecular weight is 456 g/mol. The second-order valence-corrected chi connectivity index (χ2v) is 7.66. The number of carbonyl (C=O) groups excluding carboxylic acids is 2. The maximum absolute atomic E-state index is 13.2. The van der Waals surface area contributed by atoms with Crippen LogP contribution < -0.4 is 9.64 Å². The molecule has 1 aliphatic heterocycles. The van der Waals surface area contributed by atoms with E-state index in [1.165, 1.54) is 18.2 Å². The molecule has 31 heavy (non-hydrogen) atoms. The van der Waals surface area contributed by atoms with Gasteiger partial charge in [0.15, 0.2) is 0 Å². The maximum atomic E-state index is 13.2. The minimum atomic E-state index is -0.977. The zero-order valence-electron chi connectivity index (χ0n) is 16.0. The van der Waals surface area contributed by atoms with E-state index in [2.05, 4.69) is 0 Å². The molecular weight excluding hydrogens is 441 g/mol. The first kappa shape index (κ1) is 20.9. The van der Waals surface area contributed by atoms with Gasteiger partial charge in [0, 0.05) is 6.07 Å². The highest BCUT2D eigenvalue weighted by Crippen LogP contribution is 2.42. The Kier molecular flexibility index (Phi) is 5.67. The molecule has 0 saturated carbocycles. The van der Waals surface area contributed by atoms with Crippen LogP contribution in [0.5, 0.6) is 5.75 Å². The zero-order chi connectivity index (χ0) is 22.1. The van der Waals surface area contributed by atoms with Gasteiger partial charge in [-0.15, -0.1) is 0 Å². The Morgan fingerprint density at radius 3 is 2.19 bits per heavy atom. The first-order valence-corrected chi connectivity index (χ1v) is 10.0. The number of hydrogen-bond donors (Lipinski definition) is 1. The van der Waals surface area contributed by atoms with Crippen LogP contribution in [0, 0.1) is 0 Å². The molecule has 0 atom stereocenters. The van der Waals surface area contributed by atoms with E-state index < -0.39 is 17.8 Å². The molecule has 0 radical (unpaired) electrons. The summed E-state index contributed by atoms with van der Waals surface area (Å²) < 4.78 is 5.83. The molecule has 156 valence electrons. The smallest absolute Gasteiger partial charge is 0.307 e. The van der Waals surface area contributed by atoms with Gasteiger partial charge in [0.2, 0.25) is 0 Å². The Morgan fingerprint density at radius 1 is 0.903 bits per heavy atom. The normalized spacial score (nSPS) is 12.8. The quantitative estimate of drug-likeness (QED) is 0.528. The molecule has 8 heteroatoms. The van der Waals surface area contributed by atoms with Crippen molar-refractivity contribution in [3.8, 4) is 5.75 Å². The lowest BCUT2D eigenvalue weighted by Gasteiger charge is -2.14. The molecule has 2 amide bonds. The van der Waals surface area contributed by atoms with E-state index in [9.17, 15) is 14.4 Å². The Morgan fingerprint density at radius 2 is 1.55 bits per heavy atom. The molecule has 0 bridgehead atoms. The molecule has 1 N–H and O–H groups in total. The summed E-state index contributed by atoms with van der Waals surface area (Å²) in [5.41, 5.74) is 1.74. The molecule has 0 spiro atoms. The third-order valence-electron chi connectivity index (χ3n) is 4.80. The summed E-state index contributed by atoms with van der Waals surface area (Å²) in [6.07, 6.45) is -0.165. The summed E-state index contributed by atoms with van der Waals surface area (Å²) in [6.45, 7) is 0.177. The average Bonchev–Trinajstić information content (AvgIpc) is 3.01. The van der Waals surface area contributed by atoms with Crippen LogP contribution in [0.25, 0.3) is 0 Å². The number of halogens is 2. The van der Waals surface area contributed by atoms with Gasteiger partial charge in [-0.1, -0.05) is 65.7 Å². The molecule has 4 rings (SSSR count). The Labute approximate surface area is 187 Å². The predicted octanol–water partition coefficient (Wildman–Crippen LogP) is 5.00. The number of imide groups is 1. The SMILES string of the molecule is O=C(O)Cc1ccc(N2C(=O)c3c(OCc4ccccc4)cc(Cl)c(Cl)c3C2=O)cc1. The number of carboxylic acids is 1. The van der Waals surface area contributed by atoms with Crippen molar-refractivity contribution in [2.75, 3.05) is 4.90 Å². The lowest BCUT2D eigenvalue weighted by molar-refractivity contribution is -0.136. The largest absolute Gasteiger partial charge is 0.488 e. The van der Waals surface area contributed by atoms with Gasteiger partial charge in [-0.3, -0.25) is 14.4 Å². The molecule has 0 aromatic heterocycles. The molecule has 3 aromatic rings. The molecule has 0 unspecified atom stereocenters. The Bertz CT molecular complexity index is 1190. The Hall–Kier alpha value is -3.35. The number of carboxylic acid groups (broad SMARTS) is 1. The molecule has 1 heterocycles. The van der Waals surface area contributed by atoms with Crippen molar-refractivity contribution in [3.05, 3.63) is 93.0 Å². The molecule has 6 nitrogen and oxygen atoms in total. The molecule has 3 aromatic carbocycles. The number of fused-ring (bicyclic) bond motifs is 1. The van der Waals surface area contributed by atoms with Crippen LogP contribution in [-0.2, 0) is 17.8 Å². The number of nitrogens with zero attached hydrogens (tertiary/aromatic N) is 1. The van der Waals surface area contributed by atoms with E-state index in [1.807, 2.05) is 30.3 Å². The number of hydrogen-bond acceptors (Lipinski definition) is 4. The summed E-state index contributed by atoms with van der Waals surface area (Å²) in [5.74, 6) is -2.03. The van der Waals surface area contributed by atoms with Crippen LogP contribution in [0.4, 0.5) is 5.69 Å².